The van der Waals surface area contributed by atoms with Crippen LogP contribution in [0.25, 0.3) is 0 Å². The molecule has 24 heavy (non-hydrogen) atoms. The summed E-state index contributed by atoms with van der Waals surface area (Å²) in [6.45, 7) is 6.36. The molecule has 2 aromatic rings. The molecule has 0 saturated heterocycles. The monoisotopic (exact) mass is 389 g/mol. The minimum Gasteiger partial charge on any atom is -0.484 e. The predicted octanol–water partition coefficient (Wildman–Crippen LogP) is 4.90. The summed E-state index contributed by atoms with van der Waals surface area (Å²) in [6, 6.07) is 15.9. The average molecular weight is 390 g/mol. The summed E-state index contributed by atoms with van der Waals surface area (Å²) >= 11 is 3.38. The first-order chi connectivity index (χ1) is 11.5. The van der Waals surface area contributed by atoms with Gasteiger partial charge < -0.3 is 10.1 Å². The fourth-order valence-corrected chi connectivity index (χ4v) is 2.75. The van der Waals surface area contributed by atoms with Crippen LogP contribution in [0.1, 0.15) is 37.9 Å². The van der Waals surface area contributed by atoms with Crippen molar-refractivity contribution in [2.24, 2.45) is 5.92 Å². The third kappa shape index (κ3) is 5.38. The summed E-state index contributed by atoms with van der Waals surface area (Å²) < 4.78 is 6.52. The van der Waals surface area contributed by atoms with Gasteiger partial charge in [0.1, 0.15) is 5.75 Å². The topological polar surface area (TPSA) is 38.3 Å². The zero-order valence-corrected chi connectivity index (χ0v) is 16.0. The molecule has 0 spiro atoms. The van der Waals surface area contributed by atoms with E-state index in [0.29, 0.717) is 11.7 Å². The minimum absolute atomic E-state index is 0.0118. The molecule has 1 amide bonds. The summed E-state index contributed by atoms with van der Waals surface area (Å²) in [5.41, 5.74) is 2.42. The van der Waals surface area contributed by atoms with E-state index in [-0.39, 0.29) is 18.6 Å². The van der Waals surface area contributed by atoms with E-state index >= 15 is 0 Å². The van der Waals surface area contributed by atoms with E-state index in [1.165, 1.54) is 5.56 Å². The highest BCUT2D eigenvalue weighted by molar-refractivity contribution is 9.10. The molecule has 2 aromatic carbocycles. The number of rotatable bonds is 7. The van der Waals surface area contributed by atoms with Crippen molar-refractivity contribution in [2.45, 2.75) is 33.2 Å². The highest BCUT2D eigenvalue weighted by Gasteiger charge is 2.18. The van der Waals surface area contributed by atoms with Gasteiger partial charge in [-0.2, -0.15) is 0 Å². The second kappa shape index (κ2) is 8.88. The Bertz CT molecular complexity index is 650. The van der Waals surface area contributed by atoms with Crippen LogP contribution in [0.4, 0.5) is 0 Å². The van der Waals surface area contributed by atoms with Crippen LogP contribution in [0.5, 0.6) is 5.75 Å². The fourth-order valence-electron chi connectivity index (χ4n) is 2.49. The normalized spacial score (nSPS) is 12.0. The molecular formula is C20H24BrNO2. The Morgan fingerprint density at radius 3 is 2.25 bits per heavy atom. The van der Waals surface area contributed by atoms with Crippen molar-refractivity contribution < 1.29 is 9.53 Å². The van der Waals surface area contributed by atoms with Gasteiger partial charge in [-0.3, -0.25) is 4.79 Å². The van der Waals surface area contributed by atoms with Gasteiger partial charge in [0.05, 0.1) is 6.04 Å². The molecule has 0 radical (unpaired) electrons. The first kappa shape index (κ1) is 18.5. The average Bonchev–Trinajstić information content (AvgIpc) is 2.59. The second-order valence-corrected chi connectivity index (χ2v) is 7.04. The summed E-state index contributed by atoms with van der Waals surface area (Å²) in [6.07, 6.45) is 1.01. The van der Waals surface area contributed by atoms with Gasteiger partial charge in [0, 0.05) is 4.47 Å². The second-order valence-electron chi connectivity index (χ2n) is 6.13. The molecule has 0 aromatic heterocycles. The number of amides is 1. The Kier molecular flexibility index (Phi) is 6.85. The smallest absolute Gasteiger partial charge is 0.258 e. The first-order valence-electron chi connectivity index (χ1n) is 8.26. The molecule has 0 aliphatic carbocycles. The Labute approximate surface area is 152 Å². The summed E-state index contributed by atoms with van der Waals surface area (Å²) in [5.74, 6) is 0.868. The molecule has 0 heterocycles. The van der Waals surface area contributed by atoms with E-state index in [4.69, 9.17) is 4.74 Å². The highest BCUT2D eigenvalue weighted by atomic mass is 79.9. The Morgan fingerprint density at radius 2 is 1.71 bits per heavy atom. The number of carbonyl (C=O) groups excluding carboxylic acids is 1. The molecule has 128 valence electrons. The lowest BCUT2D eigenvalue weighted by Gasteiger charge is -2.23. The maximum absolute atomic E-state index is 12.2. The quantitative estimate of drug-likeness (QED) is 0.730. The van der Waals surface area contributed by atoms with Gasteiger partial charge in [0.2, 0.25) is 0 Å². The van der Waals surface area contributed by atoms with Crippen LogP contribution in [-0.2, 0) is 11.2 Å². The molecule has 1 atom stereocenters. The van der Waals surface area contributed by atoms with Crippen molar-refractivity contribution >= 4 is 21.8 Å². The van der Waals surface area contributed by atoms with Crippen LogP contribution in [0, 0.1) is 5.92 Å². The van der Waals surface area contributed by atoms with Crippen LogP contribution in [0.15, 0.2) is 53.0 Å². The Morgan fingerprint density at radius 1 is 1.08 bits per heavy atom. The van der Waals surface area contributed by atoms with E-state index < -0.39 is 0 Å². The number of carbonyl (C=O) groups is 1. The van der Waals surface area contributed by atoms with Gasteiger partial charge in [0.25, 0.3) is 5.91 Å². The van der Waals surface area contributed by atoms with Crippen LogP contribution >= 0.6 is 15.9 Å². The van der Waals surface area contributed by atoms with Crippen molar-refractivity contribution in [1.29, 1.82) is 0 Å². The van der Waals surface area contributed by atoms with Gasteiger partial charge in [-0.25, -0.2) is 0 Å². The zero-order valence-electron chi connectivity index (χ0n) is 14.4. The molecule has 0 saturated carbocycles. The number of hydrogen-bond acceptors (Lipinski definition) is 2. The van der Waals surface area contributed by atoms with Crippen molar-refractivity contribution in [3.8, 4) is 5.75 Å². The van der Waals surface area contributed by atoms with Gasteiger partial charge in [0.15, 0.2) is 6.61 Å². The standard InChI is InChI=1S/C20H24BrNO2/c1-4-15-5-7-16(8-6-15)20(14(2)3)22-19(23)13-24-18-11-9-17(21)10-12-18/h5-12,14,20H,4,13H2,1-3H3,(H,22,23). The van der Waals surface area contributed by atoms with Crippen molar-refractivity contribution in [2.75, 3.05) is 6.61 Å². The minimum atomic E-state index is -0.115. The molecule has 0 aliphatic rings. The molecular weight excluding hydrogens is 366 g/mol. The fraction of sp³-hybridized carbons (Fsp3) is 0.350. The molecule has 0 bridgehead atoms. The maximum atomic E-state index is 12.2. The van der Waals surface area contributed by atoms with Crippen LogP contribution in [0.2, 0.25) is 0 Å². The number of ether oxygens (including phenoxy) is 1. The van der Waals surface area contributed by atoms with E-state index in [2.05, 4.69) is 66.3 Å². The zero-order chi connectivity index (χ0) is 17.5. The molecule has 0 aliphatic heterocycles. The summed E-state index contributed by atoms with van der Waals surface area (Å²) in [5, 5.41) is 3.08. The highest BCUT2D eigenvalue weighted by Crippen LogP contribution is 2.22. The number of hydrogen-bond donors (Lipinski definition) is 1. The molecule has 0 fully saturated rings. The first-order valence-corrected chi connectivity index (χ1v) is 9.05. The van der Waals surface area contributed by atoms with E-state index in [1.807, 2.05) is 24.3 Å². The molecule has 1 unspecified atom stereocenters. The lowest BCUT2D eigenvalue weighted by atomic mass is 9.95. The van der Waals surface area contributed by atoms with Gasteiger partial charge in [-0.1, -0.05) is 61.0 Å². The number of benzene rings is 2. The lowest BCUT2D eigenvalue weighted by molar-refractivity contribution is -0.124. The lowest BCUT2D eigenvalue weighted by Crippen LogP contribution is -2.35. The van der Waals surface area contributed by atoms with E-state index in [1.54, 1.807) is 0 Å². The van der Waals surface area contributed by atoms with E-state index in [9.17, 15) is 4.79 Å². The van der Waals surface area contributed by atoms with E-state index in [0.717, 1.165) is 16.5 Å². The Hall–Kier alpha value is -1.81. The SMILES string of the molecule is CCc1ccc(C(NC(=O)COc2ccc(Br)cc2)C(C)C)cc1. The number of aryl methyl sites for hydroxylation is 1. The number of halogens is 1. The molecule has 1 N–H and O–H groups in total. The largest absolute Gasteiger partial charge is 0.484 e. The van der Waals surface area contributed by atoms with Crippen LogP contribution in [-0.4, -0.2) is 12.5 Å². The van der Waals surface area contributed by atoms with Gasteiger partial charge in [-0.15, -0.1) is 0 Å². The van der Waals surface area contributed by atoms with Crippen molar-refractivity contribution in [3.63, 3.8) is 0 Å². The molecule has 2 rings (SSSR count). The van der Waals surface area contributed by atoms with Gasteiger partial charge >= 0.3 is 0 Å². The van der Waals surface area contributed by atoms with Crippen molar-refractivity contribution in [1.82, 2.24) is 5.32 Å². The predicted molar refractivity (Wildman–Crippen MR) is 101 cm³/mol. The van der Waals surface area contributed by atoms with Crippen LogP contribution < -0.4 is 10.1 Å². The van der Waals surface area contributed by atoms with Gasteiger partial charge in [-0.05, 0) is 47.7 Å². The summed E-state index contributed by atoms with van der Waals surface area (Å²) in [7, 11) is 0. The third-order valence-corrected chi connectivity index (χ3v) is 4.44. The molecule has 4 heteroatoms. The number of nitrogens with one attached hydrogen (secondary N) is 1. The maximum Gasteiger partial charge on any atom is 0.258 e. The molecule has 3 nitrogen and oxygen atoms in total. The third-order valence-electron chi connectivity index (χ3n) is 3.91. The van der Waals surface area contributed by atoms with Crippen LogP contribution in [0.3, 0.4) is 0 Å². The van der Waals surface area contributed by atoms with Crippen molar-refractivity contribution in [3.05, 3.63) is 64.1 Å². The summed E-state index contributed by atoms with van der Waals surface area (Å²) in [4.78, 5) is 12.2. The Balaban J connectivity index is 1.96.